The van der Waals surface area contributed by atoms with E-state index in [2.05, 4.69) is 47.4 Å². The molecule has 32 heavy (non-hydrogen) atoms. The Morgan fingerprint density at radius 2 is 1.78 bits per heavy atom. The van der Waals surface area contributed by atoms with Gasteiger partial charge in [0.05, 0.1) is 5.69 Å². The molecule has 1 fully saturated rings. The second-order valence-corrected chi connectivity index (χ2v) is 8.64. The van der Waals surface area contributed by atoms with Gasteiger partial charge in [0, 0.05) is 24.6 Å². The number of oxazole rings is 2. The molecule has 0 amide bonds. The summed E-state index contributed by atoms with van der Waals surface area (Å²) in [4.78, 5) is 12.1. The number of aryl methyl sites for hydroxylation is 1. The minimum Gasteiger partial charge on any atom is -0.441 e. The molecule has 5 heteroatoms. The third-order valence-corrected chi connectivity index (χ3v) is 6.45. The van der Waals surface area contributed by atoms with Crippen LogP contribution in [0.1, 0.15) is 36.1 Å². The fourth-order valence-corrected chi connectivity index (χ4v) is 4.78. The molecule has 6 rings (SSSR count). The van der Waals surface area contributed by atoms with Crippen molar-refractivity contribution in [3.05, 3.63) is 84.1 Å². The topological polar surface area (TPSA) is 55.3 Å². The van der Waals surface area contributed by atoms with Crippen molar-refractivity contribution < 1.29 is 8.83 Å². The van der Waals surface area contributed by atoms with Gasteiger partial charge in [-0.25, -0.2) is 9.97 Å². The van der Waals surface area contributed by atoms with Crippen LogP contribution in [0.3, 0.4) is 0 Å². The number of benzene rings is 3. The minimum absolute atomic E-state index is 0.306. The fourth-order valence-electron chi connectivity index (χ4n) is 4.78. The molecule has 1 saturated heterocycles. The van der Waals surface area contributed by atoms with E-state index in [4.69, 9.17) is 18.8 Å². The molecule has 1 unspecified atom stereocenters. The number of piperidine rings is 1. The zero-order chi connectivity index (χ0) is 21.5. The Labute approximate surface area is 186 Å². The van der Waals surface area contributed by atoms with Gasteiger partial charge in [0.15, 0.2) is 11.5 Å². The van der Waals surface area contributed by atoms with Crippen LogP contribution in [0.4, 0.5) is 0 Å². The van der Waals surface area contributed by atoms with Crippen molar-refractivity contribution in [3.8, 4) is 11.5 Å². The van der Waals surface area contributed by atoms with Crippen LogP contribution in [0.2, 0.25) is 0 Å². The van der Waals surface area contributed by atoms with Crippen LogP contribution in [0.25, 0.3) is 33.3 Å². The highest BCUT2D eigenvalue weighted by atomic mass is 16.4. The second-order valence-electron chi connectivity index (χ2n) is 8.64. The van der Waals surface area contributed by atoms with Gasteiger partial charge in [-0.3, -0.25) is 4.90 Å². The highest BCUT2D eigenvalue weighted by molar-refractivity contribution is 5.94. The molecule has 0 spiro atoms. The zero-order valence-electron chi connectivity index (χ0n) is 18.1. The van der Waals surface area contributed by atoms with E-state index in [1.54, 1.807) is 0 Å². The SMILES string of the molecule is Cc1oc(-c2cccc3ccccc23)nc1CN1CCCC(c2nc3ccccc3o2)C1. The molecule has 2 aromatic heterocycles. The molecule has 1 atom stereocenters. The van der Waals surface area contributed by atoms with Gasteiger partial charge in [0.2, 0.25) is 5.89 Å². The Morgan fingerprint density at radius 3 is 2.72 bits per heavy atom. The van der Waals surface area contributed by atoms with Crippen LogP contribution in [-0.2, 0) is 6.54 Å². The fraction of sp³-hybridized carbons (Fsp3) is 0.259. The zero-order valence-corrected chi connectivity index (χ0v) is 18.1. The van der Waals surface area contributed by atoms with E-state index in [1.165, 1.54) is 5.39 Å². The summed E-state index contributed by atoms with van der Waals surface area (Å²) >= 11 is 0. The summed E-state index contributed by atoms with van der Waals surface area (Å²) in [5, 5.41) is 2.36. The second kappa shape index (κ2) is 7.92. The Hall–Kier alpha value is -3.44. The van der Waals surface area contributed by atoms with Crippen LogP contribution in [0, 0.1) is 6.92 Å². The molecule has 160 valence electrons. The third kappa shape index (κ3) is 3.49. The van der Waals surface area contributed by atoms with Gasteiger partial charge < -0.3 is 8.83 Å². The third-order valence-electron chi connectivity index (χ3n) is 6.45. The molecule has 0 radical (unpaired) electrons. The summed E-state index contributed by atoms with van der Waals surface area (Å²) in [6.45, 7) is 4.76. The van der Waals surface area contributed by atoms with Crippen molar-refractivity contribution in [2.75, 3.05) is 13.1 Å². The molecule has 0 aliphatic carbocycles. The van der Waals surface area contributed by atoms with E-state index in [0.717, 1.165) is 71.9 Å². The molecule has 0 bridgehead atoms. The minimum atomic E-state index is 0.306. The first-order valence-corrected chi connectivity index (χ1v) is 11.3. The summed E-state index contributed by atoms with van der Waals surface area (Å²) < 4.78 is 12.2. The van der Waals surface area contributed by atoms with Crippen LogP contribution in [-0.4, -0.2) is 28.0 Å². The monoisotopic (exact) mass is 423 g/mol. The van der Waals surface area contributed by atoms with Crippen LogP contribution < -0.4 is 0 Å². The van der Waals surface area contributed by atoms with Crippen LogP contribution >= 0.6 is 0 Å². The first-order chi connectivity index (χ1) is 15.7. The van der Waals surface area contributed by atoms with Gasteiger partial charge in [-0.15, -0.1) is 0 Å². The van der Waals surface area contributed by atoms with E-state index in [9.17, 15) is 0 Å². The quantitative estimate of drug-likeness (QED) is 0.338. The van der Waals surface area contributed by atoms with Gasteiger partial charge in [0.25, 0.3) is 0 Å². The molecule has 3 heterocycles. The summed E-state index contributed by atoms with van der Waals surface area (Å²) in [6.07, 6.45) is 2.22. The predicted molar refractivity (Wildman–Crippen MR) is 125 cm³/mol. The molecule has 5 nitrogen and oxygen atoms in total. The highest BCUT2D eigenvalue weighted by Crippen LogP contribution is 2.32. The lowest BCUT2D eigenvalue weighted by Gasteiger charge is -2.30. The highest BCUT2D eigenvalue weighted by Gasteiger charge is 2.27. The average molecular weight is 424 g/mol. The first kappa shape index (κ1) is 19.3. The largest absolute Gasteiger partial charge is 0.441 e. The van der Waals surface area contributed by atoms with Gasteiger partial charge in [-0.1, -0.05) is 48.5 Å². The van der Waals surface area contributed by atoms with E-state index in [0.29, 0.717) is 11.8 Å². The molecule has 0 saturated carbocycles. The molecule has 5 aromatic rings. The van der Waals surface area contributed by atoms with E-state index >= 15 is 0 Å². The van der Waals surface area contributed by atoms with Crippen molar-refractivity contribution in [1.29, 1.82) is 0 Å². The molecule has 0 N–H and O–H groups in total. The van der Waals surface area contributed by atoms with Crippen molar-refractivity contribution in [2.45, 2.75) is 32.2 Å². The summed E-state index contributed by atoms with van der Waals surface area (Å²) in [5.41, 5.74) is 3.85. The number of aromatic nitrogens is 2. The van der Waals surface area contributed by atoms with Gasteiger partial charge in [-0.2, -0.15) is 0 Å². The Morgan fingerprint density at radius 1 is 0.938 bits per heavy atom. The number of likely N-dealkylation sites (tertiary alicyclic amines) is 1. The lowest BCUT2D eigenvalue weighted by molar-refractivity contribution is 0.185. The molecular formula is C27H25N3O2. The Balaban J connectivity index is 1.24. The average Bonchev–Trinajstić information content (AvgIpc) is 3.42. The predicted octanol–water partition coefficient (Wildman–Crippen LogP) is 6.32. The van der Waals surface area contributed by atoms with Crippen molar-refractivity contribution >= 4 is 21.9 Å². The number of hydrogen-bond acceptors (Lipinski definition) is 5. The summed E-state index contributed by atoms with van der Waals surface area (Å²) in [7, 11) is 0. The van der Waals surface area contributed by atoms with E-state index in [-0.39, 0.29) is 0 Å². The van der Waals surface area contributed by atoms with E-state index < -0.39 is 0 Å². The van der Waals surface area contributed by atoms with Crippen molar-refractivity contribution in [1.82, 2.24) is 14.9 Å². The first-order valence-electron chi connectivity index (χ1n) is 11.3. The number of hydrogen-bond donors (Lipinski definition) is 0. The smallest absolute Gasteiger partial charge is 0.227 e. The van der Waals surface area contributed by atoms with Gasteiger partial charge in [-0.05, 0) is 55.3 Å². The lowest BCUT2D eigenvalue weighted by atomic mass is 9.98. The van der Waals surface area contributed by atoms with Gasteiger partial charge in [0.1, 0.15) is 11.3 Å². The number of para-hydroxylation sites is 2. The number of fused-ring (bicyclic) bond motifs is 2. The molecule has 1 aliphatic rings. The molecule has 1 aliphatic heterocycles. The number of rotatable bonds is 4. The normalized spacial score (nSPS) is 17.3. The standard InChI is InChI=1S/C27H25N3O2/c1-18-24(29-27(31-18)22-12-6-9-19-8-2-3-11-21(19)22)17-30-15-7-10-20(16-30)26-28-23-13-4-5-14-25(23)32-26/h2-6,8-9,11-14,20H,7,10,15-17H2,1H3. The number of nitrogens with zero attached hydrogens (tertiary/aromatic N) is 3. The van der Waals surface area contributed by atoms with Gasteiger partial charge >= 0.3 is 0 Å². The van der Waals surface area contributed by atoms with Crippen molar-refractivity contribution in [2.24, 2.45) is 0 Å². The maximum Gasteiger partial charge on any atom is 0.227 e. The van der Waals surface area contributed by atoms with Crippen LogP contribution in [0.5, 0.6) is 0 Å². The maximum atomic E-state index is 6.13. The van der Waals surface area contributed by atoms with Crippen molar-refractivity contribution in [3.63, 3.8) is 0 Å². The van der Waals surface area contributed by atoms with Crippen LogP contribution in [0.15, 0.2) is 75.6 Å². The Kier molecular flexibility index (Phi) is 4.76. The molecular weight excluding hydrogens is 398 g/mol. The lowest BCUT2D eigenvalue weighted by Crippen LogP contribution is -2.34. The Bertz CT molecular complexity index is 1360. The maximum absolute atomic E-state index is 6.13. The summed E-state index contributed by atoms with van der Waals surface area (Å²) in [6, 6.07) is 22.6. The van der Waals surface area contributed by atoms with E-state index in [1.807, 2.05) is 31.2 Å². The molecule has 3 aromatic carbocycles. The summed E-state index contributed by atoms with van der Waals surface area (Å²) in [5.74, 6) is 2.74.